The Morgan fingerprint density at radius 1 is 0.367 bits per heavy atom. The van der Waals surface area contributed by atoms with Gasteiger partial charge in [0.05, 0.1) is 0 Å². The maximum absolute atomic E-state index is 6.50. The smallest absolute Gasteiger partial charge is 0.227 e. The molecule has 280 valence electrons. The van der Waals surface area contributed by atoms with Gasteiger partial charge in [0.25, 0.3) is 0 Å². The first-order chi connectivity index (χ1) is 29.5. The van der Waals surface area contributed by atoms with Crippen molar-refractivity contribution >= 4 is 75.7 Å². The minimum Gasteiger partial charge on any atom is -0.436 e. The highest BCUT2D eigenvalue weighted by atomic mass is 16.3. The number of fused-ring (bicyclic) bond motifs is 12. The molecule has 60 heavy (non-hydrogen) atoms. The van der Waals surface area contributed by atoms with Gasteiger partial charge < -0.3 is 4.42 Å². The quantitative estimate of drug-likeness (QED) is 0.132. The van der Waals surface area contributed by atoms with Crippen LogP contribution in [0.1, 0.15) is 25.0 Å². The van der Waals surface area contributed by atoms with Crippen LogP contribution in [0.25, 0.3) is 121 Å². The molecule has 1 heterocycles. The van der Waals surface area contributed by atoms with E-state index in [2.05, 4.69) is 178 Å². The second-order valence-corrected chi connectivity index (χ2v) is 17.0. The number of para-hydroxylation sites is 2. The Kier molecular flexibility index (Phi) is 6.82. The van der Waals surface area contributed by atoms with Gasteiger partial charge in [-0.3, -0.25) is 0 Å². The van der Waals surface area contributed by atoms with E-state index in [1.807, 2.05) is 24.3 Å². The van der Waals surface area contributed by atoms with Gasteiger partial charge in [-0.1, -0.05) is 153 Å². The molecule has 0 unspecified atom stereocenters. The Morgan fingerprint density at radius 2 is 0.900 bits per heavy atom. The molecule has 1 aliphatic rings. The number of benzene rings is 11. The highest BCUT2D eigenvalue weighted by molar-refractivity contribution is 6.29. The molecule has 0 N–H and O–H groups in total. The molecule has 0 saturated heterocycles. The van der Waals surface area contributed by atoms with E-state index < -0.39 is 0 Å². The fourth-order valence-corrected chi connectivity index (χ4v) is 10.7. The van der Waals surface area contributed by atoms with E-state index in [9.17, 15) is 0 Å². The van der Waals surface area contributed by atoms with Crippen LogP contribution in [0.3, 0.4) is 0 Å². The van der Waals surface area contributed by atoms with Gasteiger partial charge in [0.1, 0.15) is 5.52 Å². The predicted molar refractivity (Wildman–Crippen MR) is 253 cm³/mol. The zero-order valence-corrected chi connectivity index (χ0v) is 33.3. The number of hydrogen-bond acceptors (Lipinski definition) is 2. The molecule has 1 aliphatic carbocycles. The van der Waals surface area contributed by atoms with Gasteiger partial charge in [0, 0.05) is 11.0 Å². The third-order valence-electron chi connectivity index (χ3n) is 13.4. The molecule has 1 aromatic heterocycles. The number of oxazole rings is 1. The van der Waals surface area contributed by atoms with Crippen molar-refractivity contribution in [3.8, 4) is 44.8 Å². The van der Waals surface area contributed by atoms with Crippen LogP contribution in [0.15, 0.2) is 192 Å². The topological polar surface area (TPSA) is 26.0 Å². The van der Waals surface area contributed by atoms with Crippen LogP contribution in [0.4, 0.5) is 0 Å². The van der Waals surface area contributed by atoms with Crippen molar-refractivity contribution in [3.05, 3.63) is 199 Å². The Balaban J connectivity index is 1.27. The van der Waals surface area contributed by atoms with E-state index in [1.165, 1.54) is 109 Å². The van der Waals surface area contributed by atoms with Crippen molar-refractivity contribution in [3.63, 3.8) is 0 Å². The fourth-order valence-electron chi connectivity index (χ4n) is 10.7. The minimum atomic E-state index is -0.187. The molecule has 0 saturated carbocycles. The Labute approximate surface area is 347 Å². The van der Waals surface area contributed by atoms with Crippen LogP contribution < -0.4 is 0 Å². The number of aromatic nitrogens is 1. The summed E-state index contributed by atoms with van der Waals surface area (Å²) in [6, 6.07) is 69.4. The number of nitrogens with zero attached hydrogens (tertiary/aromatic N) is 1. The third kappa shape index (κ3) is 4.62. The van der Waals surface area contributed by atoms with Gasteiger partial charge in [-0.15, -0.1) is 0 Å². The van der Waals surface area contributed by atoms with Crippen LogP contribution in [0, 0.1) is 0 Å². The van der Waals surface area contributed by atoms with Crippen LogP contribution in [-0.4, -0.2) is 4.98 Å². The maximum atomic E-state index is 6.50. The van der Waals surface area contributed by atoms with E-state index in [1.54, 1.807) is 0 Å². The van der Waals surface area contributed by atoms with Crippen molar-refractivity contribution in [1.82, 2.24) is 4.98 Å². The number of rotatable bonds is 3. The van der Waals surface area contributed by atoms with Crippen molar-refractivity contribution in [2.45, 2.75) is 19.3 Å². The van der Waals surface area contributed by atoms with Crippen LogP contribution in [0.5, 0.6) is 0 Å². The summed E-state index contributed by atoms with van der Waals surface area (Å²) in [6.45, 7) is 4.78. The lowest BCUT2D eigenvalue weighted by molar-refractivity contribution is 0.620. The Hall–Kier alpha value is -7.55. The monoisotopic (exact) mass is 763 g/mol. The molecule has 0 radical (unpaired) electrons. The lowest BCUT2D eigenvalue weighted by Crippen LogP contribution is -2.14. The summed E-state index contributed by atoms with van der Waals surface area (Å²) in [6.07, 6.45) is 0. The van der Waals surface area contributed by atoms with Gasteiger partial charge >= 0.3 is 0 Å². The average molecular weight is 764 g/mol. The summed E-state index contributed by atoms with van der Waals surface area (Å²) in [5, 5.41) is 14.8. The average Bonchev–Trinajstić information content (AvgIpc) is 3.83. The lowest BCUT2D eigenvalue weighted by Gasteiger charge is -2.25. The number of hydrogen-bond donors (Lipinski definition) is 0. The van der Waals surface area contributed by atoms with Crippen molar-refractivity contribution < 1.29 is 4.42 Å². The maximum Gasteiger partial charge on any atom is 0.227 e. The normalized spacial score (nSPS) is 13.3. The zero-order valence-electron chi connectivity index (χ0n) is 33.3. The summed E-state index contributed by atoms with van der Waals surface area (Å²) < 4.78 is 6.50. The molecule has 0 bridgehead atoms. The molecule has 13 rings (SSSR count). The first-order valence-electron chi connectivity index (χ1n) is 20.9. The van der Waals surface area contributed by atoms with Gasteiger partial charge in [0.15, 0.2) is 5.58 Å². The summed E-state index contributed by atoms with van der Waals surface area (Å²) in [5.74, 6) is 0.621. The van der Waals surface area contributed by atoms with E-state index in [-0.39, 0.29) is 5.41 Å². The lowest BCUT2D eigenvalue weighted by atomic mass is 9.78. The van der Waals surface area contributed by atoms with E-state index in [0.29, 0.717) is 5.89 Å². The highest BCUT2D eigenvalue weighted by Crippen LogP contribution is 2.55. The Morgan fingerprint density at radius 3 is 1.58 bits per heavy atom. The molecule has 2 nitrogen and oxygen atoms in total. The first-order valence-corrected chi connectivity index (χ1v) is 20.9. The predicted octanol–water partition coefficient (Wildman–Crippen LogP) is 16.1. The van der Waals surface area contributed by atoms with Crippen LogP contribution >= 0.6 is 0 Å². The largest absolute Gasteiger partial charge is 0.436 e. The molecule has 0 fully saturated rings. The van der Waals surface area contributed by atoms with E-state index in [4.69, 9.17) is 9.40 Å². The summed E-state index contributed by atoms with van der Waals surface area (Å²) in [4.78, 5) is 5.02. The van der Waals surface area contributed by atoms with Crippen molar-refractivity contribution in [2.75, 3.05) is 0 Å². The summed E-state index contributed by atoms with van der Waals surface area (Å²) >= 11 is 0. The third-order valence-corrected chi connectivity index (χ3v) is 13.4. The molecule has 0 spiro atoms. The molecular formula is C58H37NO. The summed E-state index contributed by atoms with van der Waals surface area (Å²) in [5.41, 5.74) is 12.7. The molecule has 2 heteroatoms. The van der Waals surface area contributed by atoms with E-state index >= 15 is 0 Å². The van der Waals surface area contributed by atoms with Gasteiger partial charge in [-0.2, -0.15) is 0 Å². The van der Waals surface area contributed by atoms with Gasteiger partial charge in [-0.05, 0) is 158 Å². The van der Waals surface area contributed by atoms with E-state index in [0.717, 1.165) is 16.7 Å². The molecular weight excluding hydrogens is 727 g/mol. The fraction of sp³-hybridized carbons (Fsp3) is 0.0517. The Bertz CT molecular complexity index is 3780. The van der Waals surface area contributed by atoms with Gasteiger partial charge in [-0.25, -0.2) is 4.98 Å². The second kappa shape index (κ2) is 12.2. The van der Waals surface area contributed by atoms with Crippen LogP contribution in [-0.2, 0) is 5.41 Å². The minimum absolute atomic E-state index is 0.187. The summed E-state index contributed by atoms with van der Waals surface area (Å²) in [7, 11) is 0. The molecule has 0 aliphatic heterocycles. The first kappa shape index (κ1) is 33.4. The highest BCUT2D eigenvalue weighted by Gasteiger charge is 2.36. The van der Waals surface area contributed by atoms with Crippen molar-refractivity contribution in [1.29, 1.82) is 0 Å². The molecule has 0 atom stereocenters. The second-order valence-electron chi connectivity index (χ2n) is 17.0. The standard InChI is InChI=1S/C58H37NO/c1-58(2)51-24-12-11-23-43(51)45-32-49-50(33-52(45)58)56(47-30-35-16-4-6-18-38(35)40-20-8-10-22-42(40)47)48-31-36(57-59-53-25-13-14-26-54(53)60-57)27-28-44(48)55(49)46-29-34-15-3-5-17-37(34)39-19-7-9-21-41(39)46/h3-33H,1-2H3. The van der Waals surface area contributed by atoms with Crippen molar-refractivity contribution in [2.24, 2.45) is 0 Å². The van der Waals surface area contributed by atoms with Gasteiger partial charge in [0.2, 0.25) is 5.89 Å². The van der Waals surface area contributed by atoms with Crippen LogP contribution in [0.2, 0.25) is 0 Å². The zero-order chi connectivity index (χ0) is 39.7. The molecule has 11 aromatic carbocycles. The SMILES string of the molecule is CC1(C)c2ccccc2-c2cc3c(-c4cc5ccccc5c5ccccc45)c4ccc(-c5nc6ccccc6o5)cc4c(-c4cc5ccccc5c5ccccc45)c3cc21. The molecule has 12 aromatic rings. The molecule has 0 amide bonds.